The lowest BCUT2D eigenvalue weighted by Gasteiger charge is -2.36. The highest BCUT2D eigenvalue weighted by molar-refractivity contribution is 6.00. The molecule has 38 heavy (non-hydrogen) atoms. The number of nitrogens with one attached hydrogen (secondary N) is 2. The lowest BCUT2D eigenvalue weighted by Crippen LogP contribution is -2.48. The van der Waals surface area contributed by atoms with E-state index in [1.807, 2.05) is 61.7 Å². The quantitative estimate of drug-likeness (QED) is 0.305. The number of carbonyl (C=O) groups excluding carboxylic acids is 1. The standard InChI is InChI=1S/C29H31N7O2/c1-3-27(38)32-23-8-4-6-21(16-23)25-9-5-7-22-17-31-29(34-28(22)25)33-26-11-10-24(18-30-26)36-14-12-35(13-15-36)19-20(2)37/h3-11,16-18,20,37H,1,12-15,19H2,2H3,(H,32,38)(H,30,31,33,34). The first kappa shape index (κ1) is 25.3. The third-order valence-electron chi connectivity index (χ3n) is 6.48. The maximum absolute atomic E-state index is 11.7. The molecule has 1 saturated heterocycles. The third kappa shape index (κ3) is 5.96. The van der Waals surface area contributed by atoms with Gasteiger partial charge in [0.15, 0.2) is 0 Å². The summed E-state index contributed by atoms with van der Waals surface area (Å²) in [4.78, 5) is 30.2. The van der Waals surface area contributed by atoms with Gasteiger partial charge in [0.25, 0.3) is 0 Å². The average Bonchev–Trinajstić information content (AvgIpc) is 2.93. The Morgan fingerprint density at radius 3 is 2.63 bits per heavy atom. The fourth-order valence-electron chi connectivity index (χ4n) is 4.63. The molecule has 1 fully saturated rings. The van der Waals surface area contributed by atoms with Crippen molar-refractivity contribution in [2.24, 2.45) is 0 Å². The van der Waals surface area contributed by atoms with Gasteiger partial charge < -0.3 is 20.6 Å². The minimum atomic E-state index is -0.308. The van der Waals surface area contributed by atoms with Crippen molar-refractivity contribution in [1.29, 1.82) is 0 Å². The first-order valence-corrected chi connectivity index (χ1v) is 12.7. The van der Waals surface area contributed by atoms with E-state index in [9.17, 15) is 9.90 Å². The number of benzene rings is 2. The SMILES string of the molecule is C=CC(=O)Nc1cccc(-c2cccc3cnc(Nc4ccc(N5CCN(CC(C)O)CC5)cn4)nc23)c1. The Morgan fingerprint density at radius 1 is 1.08 bits per heavy atom. The molecule has 194 valence electrons. The van der Waals surface area contributed by atoms with Crippen molar-refractivity contribution in [3.8, 4) is 11.1 Å². The molecule has 1 atom stereocenters. The predicted octanol–water partition coefficient (Wildman–Crippen LogP) is 4.06. The number of nitrogens with zero attached hydrogens (tertiary/aromatic N) is 5. The number of fused-ring (bicyclic) bond motifs is 1. The van der Waals surface area contributed by atoms with Crippen molar-refractivity contribution in [2.75, 3.05) is 48.3 Å². The number of β-amino-alcohol motifs (C(OH)–C–C–N with tert-alkyl or cyclic N) is 1. The molecule has 1 aliphatic heterocycles. The topological polar surface area (TPSA) is 107 Å². The summed E-state index contributed by atoms with van der Waals surface area (Å²) < 4.78 is 0. The Morgan fingerprint density at radius 2 is 1.89 bits per heavy atom. The number of anilines is 4. The van der Waals surface area contributed by atoms with Gasteiger partial charge >= 0.3 is 0 Å². The van der Waals surface area contributed by atoms with Crippen molar-refractivity contribution in [1.82, 2.24) is 19.9 Å². The number of hydrogen-bond donors (Lipinski definition) is 3. The van der Waals surface area contributed by atoms with Crippen molar-refractivity contribution in [3.63, 3.8) is 0 Å². The Bertz CT molecular complexity index is 1430. The van der Waals surface area contributed by atoms with Crippen LogP contribution in [0.15, 0.2) is 79.6 Å². The van der Waals surface area contributed by atoms with Crippen molar-refractivity contribution in [2.45, 2.75) is 13.0 Å². The van der Waals surface area contributed by atoms with E-state index < -0.39 is 0 Å². The van der Waals surface area contributed by atoms with Crippen LogP contribution in [0.3, 0.4) is 0 Å². The molecular weight excluding hydrogens is 478 g/mol. The first-order chi connectivity index (χ1) is 18.5. The number of amides is 1. The molecule has 1 unspecified atom stereocenters. The maximum Gasteiger partial charge on any atom is 0.247 e. The van der Waals surface area contributed by atoms with Gasteiger partial charge in [0.1, 0.15) is 5.82 Å². The smallest absolute Gasteiger partial charge is 0.247 e. The van der Waals surface area contributed by atoms with Gasteiger partial charge in [0, 0.05) is 55.6 Å². The lowest BCUT2D eigenvalue weighted by molar-refractivity contribution is -0.111. The summed E-state index contributed by atoms with van der Waals surface area (Å²) in [5.74, 6) is 0.853. The first-order valence-electron chi connectivity index (χ1n) is 12.7. The molecule has 3 N–H and O–H groups in total. The zero-order chi connectivity index (χ0) is 26.5. The maximum atomic E-state index is 11.7. The van der Waals surface area contributed by atoms with Gasteiger partial charge in [-0.05, 0) is 42.8 Å². The van der Waals surface area contributed by atoms with Crippen molar-refractivity contribution >= 4 is 40.0 Å². The van der Waals surface area contributed by atoms with Crippen LogP contribution in [0, 0.1) is 0 Å². The minimum Gasteiger partial charge on any atom is -0.392 e. The fraction of sp³-hybridized carbons (Fsp3) is 0.241. The van der Waals surface area contributed by atoms with Gasteiger partial charge in [0.05, 0.1) is 23.5 Å². The van der Waals surface area contributed by atoms with E-state index in [1.54, 1.807) is 6.20 Å². The van der Waals surface area contributed by atoms with Crippen LogP contribution in [0.2, 0.25) is 0 Å². The molecule has 1 aliphatic rings. The predicted molar refractivity (Wildman–Crippen MR) is 152 cm³/mol. The van der Waals surface area contributed by atoms with Crippen LogP contribution in [-0.4, -0.2) is 69.7 Å². The van der Waals surface area contributed by atoms with E-state index in [0.29, 0.717) is 24.0 Å². The molecule has 2 aromatic carbocycles. The van der Waals surface area contributed by atoms with Gasteiger partial charge in [-0.1, -0.05) is 36.9 Å². The van der Waals surface area contributed by atoms with Crippen LogP contribution in [0.25, 0.3) is 22.0 Å². The molecule has 9 heteroatoms. The molecule has 2 aromatic heterocycles. The van der Waals surface area contributed by atoms with E-state index in [1.165, 1.54) is 6.08 Å². The van der Waals surface area contributed by atoms with E-state index in [-0.39, 0.29) is 12.0 Å². The van der Waals surface area contributed by atoms with Crippen molar-refractivity contribution < 1.29 is 9.90 Å². The summed E-state index contributed by atoms with van der Waals surface area (Å²) in [5.41, 5.74) is 4.41. The summed E-state index contributed by atoms with van der Waals surface area (Å²) in [6, 6.07) is 17.6. The van der Waals surface area contributed by atoms with Crippen molar-refractivity contribution in [3.05, 3.63) is 79.6 Å². The molecule has 4 aromatic rings. The van der Waals surface area contributed by atoms with E-state index in [4.69, 9.17) is 4.98 Å². The monoisotopic (exact) mass is 509 g/mol. The number of pyridine rings is 1. The Labute approximate surface area is 221 Å². The Hall–Kier alpha value is -4.34. The summed E-state index contributed by atoms with van der Waals surface area (Å²) in [6.45, 7) is 9.68. The fourth-order valence-corrected chi connectivity index (χ4v) is 4.63. The second-order valence-electron chi connectivity index (χ2n) is 9.37. The van der Waals surface area contributed by atoms with E-state index in [2.05, 4.69) is 43.0 Å². The van der Waals surface area contributed by atoms with Crippen LogP contribution in [-0.2, 0) is 4.79 Å². The second kappa shape index (κ2) is 11.4. The zero-order valence-corrected chi connectivity index (χ0v) is 21.3. The number of carbonyl (C=O) groups is 1. The van der Waals surface area contributed by atoms with Gasteiger partial charge in [-0.3, -0.25) is 9.69 Å². The number of rotatable bonds is 8. The van der Waals surface area contributed by atoms with Crippen LogP contribution >= 0.6 is 0 Å². The number of aliphatic hydroxyl groups excluding tert-OH is 1. The van der Waals surface area contributed by atoms with Crippen LogP contribution < -0.4 is 15.5 Å². The third-order valence-corrected chi connectivity index (χ3v) is 6.48. The van der Waals surface area contributed by atoms with E-state index in [0.717, 1.165) is 53.9 Å². The summed E-state index contributed by atoms with van der Waals surface area (Å²) in [6.07, 6.45) is 4.59. The molecule has 3 heterocycles. The second-order valence-corrected chi connectivity index (χ2v) is 9.37. The highest BCUT2D eigenvalue weighted by Gasteiger charge is 2.18. The van der Waals surface area contributed by atoms with Gasteiger partial charge in [-0.2, -0.15) is 0 Å². The molecule has 9 nitrogen and oxygen atoms in total. The van der Waals surface area contributed by atoms with Gasteiger partial charge in [-0.25, -0.2) is 15.0 Å². The van der Waals surface area contributed by atoms with E-state index >= 15 is 0 Å². The van der Waals surface area contributed by atoms with Crippen LogP contribution in [0.1, 0.15) is 6.92 Å². The largest absolute Gasteiger partial charge is 0.392 e. The van der Waals surface area contributed by atoms with Gasteiger partial charge in [0.2, 0.25) is 11.9 Å². The molecule has 5 rings (SSSR count). The zero-order valence-electron chi connectivity index (χ0n) is 21.3. The van der Waals surface area contributed by atoms with Crippen LogP contribution in [0.5, 0.6) is 0 Å². The summed E-state index contributed by atoms with van der Waals surface area (Å²) in [5, 5.41) is 16.6. The van der Waals surface area contributed by atoms with Gasteiger partial charge in [-0.15, -0.1) is 0 Å². The molecular formula is C29H31N7O2. The number of aromatic nitrogens is 3. The number of aliphatic hydroxyl groups is 1. The molecule has 1 amide bonds. The highest BCUT2D eigenvalue weighted by Crippen LogP contribution is 2.30. The average molecular weight is 510 g/mol. The Balaban J connectivity index is 1.32. The molecule has 0 radical (unpaired) electrons. The molecule has 0 aliphatic carbocycles. The summed E-state index contributed by atoms with van der Waals surface area (Å²) >= 11 is 0. The normalized spacial score (nSPS) is 14.7. The number of hydrogen-bond acceptors (Lipinski definition) is 8. The minimum absolute atomic E-state index is 0.258. The molecule has 0 spiro atoms. The Kier molecular flexibility index (Phi) is 7.57. The number of para-hydroxylation sites is 1. The molecule has 0 saturated carbocycles. The molecule has 0 bridgehead atoms. The van der Waals surface area contributed by atoms with Crippen LogP contribution in [0.4, 0.5) is 23.1 Å². The lowest BCUT2D eigenvalue weighted by atomic mass is 10.0. The summed E-state index contributed by atoms with van der Waals surface area (Å²) in [7, 11) is 0. The highest BCUT2D eigenvalue weighted by atomic mass is 16.3. The number of piperazine rings is 1.